The van der Waals surface area contributed by atoms with E-state index in [9.17, 15) is 4.79 Å². The van der Waals surface area contributed by atoms with Gasteiger partial charge in [0, 0.05) is 18.5 Å². The topological polar surface area (TPSA) is 93.0 Å². The van der Waals surface area contributed by atoms with Crippen molar-refractivity contribution in [1.82, 2.24) is 15.5 Å². The molecule has 142 valence electrons. The highest BCUT2D eigenvalue weighted by molar-refractivity contribution is 5.79. The van der Waals surface area contributed by atoms with Crippen LogP contribution in [0.25, 0.3) is 17.2 Å². The lowest BCUT2D eigenvalue weighted by molar-refractivity contribution is 0.143. The molecule has 0 atom stereocenters. The van der Waals surface area contributed by atoms with Crippen LogP contribution in [-0.4, -0.2) is 29.4 Å². The van der Waals surface area contributed by atoms with E-state index in [0.29, 0.717) is 25.4 Å². The van der Waals surface area contributed by atoms with Crippen molar-refractivity contribution < 1.29 is 9.53 Å². The van der Waals surface area contributed by atoms with Crippen LogP contribution in [-0.2, 0) is 4.74 Å². The van der Waals surface area contributed by atoms with Gasteiger partial charge >= 0.3 is 6.09 Å². The molecule has 0 aliphatic heterocycles. The van der Waals surface area contributed by atoms with Gasteiger partial charge in [0.05, 0.1) is 5.69 Å². The fraction of sp³-hybridized carbons (Fsp3) is 0.182. The second-order valence-corrected chi connectivity index (χ2v) is 6.69. The van der Waals surface area contributed by atoms with Crippen molar-refractivity contribution in [3.05, 3.63) is 77.5 Å². The average molecular weight is 374 g/mol. The Kier molecular flexibility index (Phi) is 5.10. The molecule has 0 saturated heterocycles. The molecule has 6 nitrogen and oxygen atoms in total. The quantitative estimate of drug-likeness (QED) is 0.570. The first-order valence-electron chi connectivity index (χ1n) is 9.28. The van der Waals surface area contributed by atoms with Gasteiger partial charge in [0.25, 0.3) is 0 Å². The lowest BCUT2D eigenvalue weighted by atomic mass is 9.98. The van der Waals surface area contributed by atoms with Crippen molar-refractivity contribution in [3.63, 3.8) is 0 Å². The summed E-state index contributed by atoms with van der Waals surface area (Å²) >= 11 is 0. The Balaban J connectivity index is 1.29. The van der Waals surface area contributed by atoms with Crippen molar-refractivity contribution in [2.24, 2.45) is 0 Å². The molecule has 1 amide bonds. The third-order valence-electron chi connectivity index (χ3n) is 4.84. The lowest BCUT2D eigenvalue weighted by Gasteiger charge is -2.14. The maximum absolute atomic E-state index is 12.1. The molecule has 1 aliphatic carbocycles. The molecule has 4 rings (SSSR count). The summed E-state index contributed by atoms with van der Waals surface area (Å²) in [6, 6.07) is 18.3. The number of hydrogen-bond donors (Lipinski definition) is 3. The van der Waals surface area contributed by atoms with Gasteiger partial charge in [0.2, 0.25) is 0 Å². The van der Waals surface area contributed by atoms with E-state index in [4.69, 9.17) is 10.5 Å². The van der Waals surface area contributed by atoms with Gasteiger partial charge in [-0.05, 0) is 34.8 Å². The van der Waals surface area contributed by atoms with Gasteiger partial charge in [-0.2, -0.15) is 5.10 Å². The fourth-order valence-electron chi connectivity index (χ4n) is 3.56. The Morgan fingerprint density at radius 3 is 2.46 bits per heavy atom. The summed E-state index contributed by atoms with van der Waals surface area (Å²) < 4.78 is 5.50. The molecular weight excluding hydrogens is 352 g/mol. The Labute approximate surface area is 163 Å². The van der Waals surface area contributed by atoms with Gasteiger partial charge in [-0.25, -0.2) is 4.79 Å². The molecule has 4 N–H and O–H groups in total. The second-order valence-electron chi connectivity index (χ2n) is 6.69. The Morgan fingerprint density at radius 1 is 1.14 bits per heavy atom. The summed E-state index contributed by atoms with van der Waals surface area (Å²) in [5.74, 6) is 0.528. The Bertz CT molecular complexity index is 964. The van der Waals surface area contributed by atoms with Crippen LogP contribution in [0.2, 0.25) is 0 Å². The first-order valence-corrected chi connectivity index (χ1v) is 9.28. The number of benzene rings is 2. The van der Waals surface area contributed by atoms with E-state index in [-0.39, 0.29) is 5.92 Å². The molecule has 0 fully saturated rings. The predicted molar refractivity (Wildman–Crippen MR) is 110 cm³/mol. The number of alkyl carbamates (subject to hydrolysis) is 1. The molecule has 28 heavy (non-hydrogen) atoms. The molecule has 1 heterocycles. The zero-order valence-electron chi connectivity index (χ0n) is 15.4. The summed E-state index contributed by atoms with van der Waals surface area (Å²) in [6.07, 6.45) is 4.10. The first kappa shape index (κ1) is 17.9. The van der Waals surface area contributed by atoms with Gasteiger partial charge in [0.1, 0.15) is 12.4 Å². The molecule has 6 heteroatoms. The van der Waals surface area contributed by atoms with Gasteiger partial charge in [0.15, 0.2) is 0 Å². The van der Waals surface area contributed by atoms with E-state index in [1.54, 1.807) is 6.07 Å². The number of nitrogens with two attached hydrogens (primary N) is 1. The summed E-state index contributed by atoms with van der Waals surface area (Å²) in [5, 5.41) is 9.43. The van der Waals surface area contributed by atoms with Crippen molar-refractivity contribution in [1.29, 1.82) is 0 Å². The minimum absolute atomic E-state index is 0.0730. The maximum atomic E-state index is 12.1. The average Bonchev–Trinajstić information content (AvgIpc) is 3.27. The Morgan fingerprint density at radius 2 is 1.82 bits per heavy atom. The fourth-order valence-corrected chi connectivity index (χ4v) is 3.56. The van der Waals surface area contributed by atoms with E-state index in [0.717, 1.165) is 5.69 Å². The van der Waals surface area contributed by atoms with E-state index in [1.165, 1.54) is 22.3 Å². The summed E-state index contributed by atoms with van der Waals surface area (Å²) in [5.41, 5.74) is 11.2. The summed E-state index contributed by atoms with van der Waals surface area (Å²) in [6.45, 7) is 0.819. The number of anilines is 1. The maximum Gasteiger partial charge on any atom is 0.407 e. The SMILES string of the molecule is Nc1cc(C=CCCNC(=O)OCC2c3ccccc3-c3ccccc32)[nH]n1. The zero-order chi connectivity index (χ0) is 19.3. The monoisotopic (exact) mass is 374 g/mol. The van der Waals surface area contributed by atoms with Crippen LogP contribution in [0.1, 0.15) is 29.2 Å². The molecule has 0 spiro atoms. The molecule has 2 aromatic carbocycles. The number of rotatable bonds is 6. The summed E-state index contributed by atoms with van der Waals surface area (Å²) in [4.78, 5) is 12.1. The van der Waals surface area contributed by atoms with E-state index >= 15 is 0 Å². The minimum atomic E-state index is -0.402. The molecule has 0 bridgehead atoms. The van der Waals surface area contributed by atoms with Crippen molar-refractivity contribution in [3.8, 4) is 11.1 Å². The van der Waals surface area contributed by atoms with E-state index < -0.39 is 6.09 Å². The molecule has 3 aromatic rings. The molecule has 1 aromatic heterocycles. The largest absolute Gasteiger partial charge is 0.449 e. The highest BCUT2D eigenvalue weighted by Crippen LogP contribution is 2.44. The predicted octanol–water partition coefficient (Wildman–Crippen LogP) is 3.93. The number of fused-ring (bicyclic) bond motifs is 3. The Hall–Kier alpha value is -3.54. The van der Waals surface area contributed by atoms with Crippen LogP contribution < -0.4 is 11.1 Å². The van der Waals surface area contributed by atoms with E-state index in [1.807, 2.05) is 36.4 Å². The van der Waals surface area contributed by atoms with Gasteiger partial charge in [-0.15, -0.1) is 0 Å². The van der Waals surface area contributed by atoms with Crippen molar-refractivity contribution in [2.45, 2.75) is 12.3 Å². The number of H-pyrrole nitrogens is 1. The third-order valence-corrected chi connectivity index (χ3v) is 4.84. The number of nitrogen functional groups attached to an aromatic ring is 1. The van der Waals surface area contributed by atoms with Crippen LogP contribution in [0.4, 0.5) is 10.6 Å². The normalized spacial score (nSPS) is 12.7. The number of nitrogens with one attached hydrogen (secondary N) is 2. The highest BCUT2D eigenvalue weighted by Gasteiger charge is 2.28. The second kappa shape index (κ2) is 8.00. The molecule has 1 aliphatic rings. The minimum Gasteiger partial charge on any atom is -0.449 e. The van der Waals surface area contributed by atoms with Crippen LogP contribution >= 0.6 is 0 Å². The number of nitrogens with zero attached hydrogens (tertiary/aromatic N) is 1. The number of aromatic nitrogens is 2. The van der Waals surface area contributed by atoms with Crippen molar-refractivity contribution in [2.75, 3.05) is 18.9 Å². The number of carbonyl (C=O) groups excluding carboxylic acids is 1. The van der Waals surface area contributed by atoms with Crippen molar-refractivity contribution >= 4 is 18.0 Å². The smallest absolute Gasteiger partial charge is 0.407 e. The lowest BCUT2D eigenvalue weighted by Crippen LogP contribution is -2.26. The number of aromatic amines is 1. The van der Waals surface area contributed by atoms with Gasteiger partial charge in [-0.3, -0.25) is 5.10 Å². The molecular formula is C22H22N4O2. The van der Waals surface area contributed by atoms with Crippen LogP contribution in [0, 0.1) is 0 Å². The first-order chi connectivity index (χ1) is 13.7. The molecule has 0 unspecified atom stereocenters. The van der Waals surface area contributed by atoms with Gasteiger partial charge < -0.3 is 15.8 Å². The number of carbonyl (C=O) groups is 1. The van der Waals surface area contributed by atoms with Crippen LogP contribution in [0.15, 0.2) is 60.7 Å². The van der Waals surface area contributed by atoms with Crippen LogP contribution in [0.5, 0.6) is 0 Å². The summed E-state index contributed by atoms with van der Waals surface area (Å²) in [7, 11) is 0. The van der Waals surface area contributed by atoms with Crippen LogP contribution in [0.3, 0.4) is 0 Å². The third kappa shape index (κ3) is 3.76. The number of ether oxygens (including phenoxy) is 1. The van der Waals surface area contributed by atoms with Gasteiger partial charge in [-0.1, -0.05) is 54.6 Å². The molecule has 0 radical (unpaired) electrons. The standard InChI is InChI=1S/C22H22N4O2/c23-21-13-15(25-26-21)7-5-6-12-24-22(27)28-14-20-18-10-3-1-8-16(18)17-9-2-4-11-19(17)20/h1-5,7-11,13,20H,6,12,14H2,(H,24,27)(H3,23,25,26). The molecule has 0 saturated carbocycles. The highest BCUT2D eigenvalue weighted by atomic mass is 16.5. The van der Waals surface area contributed by atoms with E-state index in [2.05, 4.69) is 39.8 Å². The number of hydrogen-bond acceptors (Lipinski definition) is 4. The zero-order valence-corrected chi connectivity index (χ0v) is 15.4. The number of amides is 1.